The van der Waals surface area contributed by atoms with E-state index in [4.69, 9.17) is 0 Å². The predicted molar refractivity (Wildman–Crippen MR) is 61.2 cm³/mol. The fourth-order valence-corrected chi connectivity index (χ4v) is 2.05. The molecule has 82 valence electrons. The van der Waals surface area contributed by atoms with Crippen LogP contribution in [0, 0.1) is 5.41 Å². The Hall–Kier alpha value is -0.300. The van der Waals surface area contributed by atoms with Crippen LogP contribution in [0.1, 0.15) is 59.3 Å². The van der Waals surface area contributed by atoms with E-state index in [1.54, 1.807) is 0 Å². The molecule has 0 saturated heterocycles. The molecule has 1 rings (SSSR count). The van der Waals surface area contributed by atoms with Gasteiger partial charge in [0.1, 0.15) is 0 Å². The fraction of sp³-hybridized carbons (Fsp3) is 0.846. The summed E-state index contributed by atoms with van der Waals surface area (Å²) >= 11 is 0. The zero-order valence-corrected chi connectivity index (χ0v) is 9.84. The number of hydrogen-bond donors (Lipinski definition) is 1. The van der Waals surface area contributed by atoms with Gasteiger partial charge in [-0.05, 0) is 43.1 Å². The van der Waals surface area contributed by atoms with Crippen molar-refractivity contribution in [3.8, 4) is 0 Å². The minimum atomic E-state index is -0.201. The van der Waals surface area contributed by atoms with Gasteiger partial charge in [0, 0.05) is 0 Å². The third-order valence-corrected chi connectivity index (χ3v) is 2.81. The van der Waals surface area contributed by atoms with Crippen molar-refractivity contribution < 1.29 is 5.11 Å². The van der Waals surface area contributed by atoms with Gasteiger partial charge in [-0.2, -0.15) is 0 Å². The lowest BCUT2D eigenvalue weighted by molar-refractivity contribution is 0.148. The highest BCUT2D eigenvalue weighted by Crippen LogP contribution is 2.28. The van der Waals surface area contributed by atoms with Crippen LogP contribution in [0.25, 0.3) is 0 Å². The van der Waals surface area contributed by atoms with E-state index in [1.807, 2.05) is 0 Å². The van der Waals surface area contributed by atoms with E-state index < -0.39 is 0 Å². The third kappa shape index (κ3) is 4.28. The summed E-state index contributed by atoms with van der Waals surface area (Å²) in [6.07, 6.45) is 9.10. The second-order valence-corrected chi connectivity index (χ2v) is 5.66. The van der Waals surface area contributed by atoms with Crippen molar-refractivity contribution in [2.45, 2.75) is 65.4 Å². The summed E-state index contributed by atoms with van der Waals surface area (Å²) < 4.78 is 0. The van der Waals surface area contributed by atoms with Crippen molar-refractivity contribution in [3.63, 3.8) is 0 Å². The Bertz CT molecular complexity index is 198. The summed E-state index contributed by atoms with van der Waals surface area (Å²) in [5.74, 6) is 0. The van der Waals surface area contributed by atoms with Crippen LogP contribution in [-0.2, 0) is 0 Å². The molecule has 14 heavy (non-hydrogen) atoms. The maximum absolute atomic E-state index is 10.1. The van der Waals surface area contributed by atoms with Crippen molar-refractivity contribution >= 4 is 0 Å². The second-order valence-electron chi connectivity index (χ2n) is 5.66. The fourth-order valence-electron chi connectivity index (χ4n) is 2.05. The molecule has 0 aliphatic heterocycles. The highest BCUT2D eigenvalue weighted by Gasteiger charge is 2.19. The third-order valence-electron chi connectivity index (χ3n) is 2.81. The Morgan fingerprint density at radius 2 is 2.00 bits per heavy atom. The van der Waals surface area contributed by atoms with Gasteiger partial charge in [-0.1, -0.05) is 33.3 Å². The van der Waals surface area contributed by atoms with E-state index in [0.717, 1.165) is 19.3 Å². The quantitative estimate of drug-likeness (QED) is 0.668. The average Bonchev–Trinajstić information content (AvgIpc) is 2.27. The Labute approximate surface area is 88.2 Å². The van der Waals surface area contributed by atoms with Gasteiger partial charge in [0.15, 0.2) is 0 Å². The molecule has 0 fully saturated rings. The Kier molecular flexibility index (Phi) is 4.18. The van der Waals surface area contributed by atoms with Crippen LogP contribution in [0.3, 0.4) is 0 Å². The van der Waals surface area contributed by atoms with Crippen LogP contribution < -0.4 is 0 Å². The highest BCUT2D eigenvalue weighted by atomic mass is 16.3. The van der Waals surface area contributed by atoms with Gasteiger partial charge in [0.2, 0.25) is 0 Å². The number of aliphatic hydroxyl groups is 1. The number of hydrogen-bond acceptors (Lipinski definition) is 1. The van der Waals surface area contributed by atoms with E-state index in [0.29, 0.717) is 0 Å². The second kappa shape index (κ2) is 4.97. The van der Waals surface area contributed by atoms with E-state index in [2.05, 4.69) is 26.8 Å². The van der Waals surface area contributed by atoms with Crippen LogP contribution in [0.5, 0.6) is 0 Å². The van der Waals surface area contributed by atoms with Gasteiger partial charge in [-0.15, -0.1) is 0 Å². The average molecular weight is 196 g/mol. The van der Waals surface area contributed by atoms with Crippen molar-refractivity contribution in [1.82, 2.24) is 0 Å². The molecule has 0 bridgehead atoms. The molecule has 1 aliphatic carbocycles. The topological polar surface area (TPSA) is 20.2 Å². The van der Waals surface area contributed by atoms with Gasteiger partial charge >= 0.3 is 0 Å². The van der Waals surface area contributed by atoms with Gasteiger partial charge in [0.25, 0.3) is 0 Å². The molecular weight excluding hydrogens is 172 g/mol. The number of rotatable bonds is 2. The van der Waals surface area contributed by atoms with E-state index in [1.165, 1.54) is 24.8 Å². The Morgan fingerprint density at radius 1 is 1.29 bits per heavy atom. The zero-order chi connectivity index (χ0) is 10.6. The molecule has 0 heterocycles. The van der Waals surface area contributed by atoms with Gasteiger partial charge in [-0.3, -0.25) is 0 Å². The Morgan fingerprint density at radius 3 is 2.64 bits per heavy atom. The van der Waals surface area contributed by atoms with Crippen LogP contribution >= 0.6 is 0 Å². The number of allylic oxidation sites excluding steroid dienone is 1. The van der Waals surface area contributed by atoms with E-state index >= 15 is 0 Å². The molecule has 0 radical (unpaired) electrons. The van der Waals surface area contributed by atoms with Crippen molar-refractivity contribution in [2.24, 2.45) is 5.41 Å². The van der Waals surface area contributed by atoms with Crippen molar-refractivity contribution in [3.05, 3.63) is 11.6 Å². The molecule has 1 unspecified atom stereocenters. The van der Waals surface area contributed by atoms with Crippen molar-refractivity contribution in [1.29, 1.82) is 0 Å². The summed E-state index contributed by atoms with van der Waals surface area (Å²) in [6, 6.07) is 0. The molecule has 0 saturated carbocycles. The zero-order valence-electron chi connectivity index (χ0n) is 9.84. The molecule has 0 aromatic rings. The molecule has 0 aromatic heterocycles. The minimum Gasteiger partial charge on any atom is -0.389 e. The maximum atomic E-state index is 10.1. The molecule has 0 spiro atoms. The molecule has 1 atom stereocenters. The normalized spacial score (nSPS) is 21.3. The van der Waals surface area contributed by atoms with Crippen molar-refractivity contribution in [2.75, 3.05) is 0 Å². The summed E-state index contributed by atoms with van der Waals surface area (Å²) in [7, 11) is 0. The van der Waals surface area contributed by atoms with E-state index in [9.17, 15) is 5.11 Å². The largest absolute Gasteiger partial charge is 0.389 e. The summed E-state index contributed by atoms with van der Waals surface area (Å²) in [6.45, 7) is 6.56. The summed E-state index contributed by atoms with van der Waals surface area (Å²) in [5, 5.41) is 10.1. The van der Waals surface area contributed by atoms with Gasteiger partial charge < -0.3 is 5.11 Å². The smallest absolute Gasteiger partial charge is 0.0755 e. The maximum Gasteiger partial charge on any atom is 0.0755 e. The van der Waals surface area contributed by atoms with E-state index in [-0.39, 0.29) is 11.5 Å². The first kappa shape index (κ1) is 11.8. The standard InChI is InChI=1S/C13H24O/c1-13(2,3)10-12(14)11-8-6-4-5-7-9-11/h8,12,14H,4-7,9-10H2,1-3H3. The SMILES string of the molecule is CC(C)(C)CC(O)C1=CCCCCC1. The van der Waals surface area contributed by atoms with Gasteiger partial charge in [-0.25, -0.2) is 0 Å². The monoisotopic (exact) mass is 196 g/mol. The molecule has 1 N–H and O–H groups in total. The summed E-state index contributed by atoms with van der Waals surface area (Å²) in [4.78, 5) is 0. The first-order chi connectivity index (χ1) is 6.49. The molecule has 0 amide bonds. The van der Waals surface area contributed by atoms with Crippen LogP contribution in [0.2, 0.25) is 0 Å². The minimum absolute atomic E-state index is 0.201. The van der Waals surface area contributed by atoms with Crippen LogP contribution in [0.4, 0.5) is 0 Å². The highest BCUT2D eigenvalue weighted by molar-refractivity contribution is 5.09. The molecular formula is C13H24O. The first-order valence-electron chi connectivity index (χ1n) is 5.86. The molecule has 1 nitrogen and oxygen atoms in total. The lowest BCUT2D eigenvalue weighted by Crippen LogP contribution is -2.19. The number of aliphatic hydroxyl groups excluding tert-OH is 1. The first-order valence-corrected chi connectivity index (χ1v) is 5.86. The Balaban J connectivity index is 2.50. The van der Waals surface area contributed by atoms with Crippen LogP contribution in [-0.4, -0.2) is 11.2 Å². The molecule has 1 heteroatoms. The predicted octanol–water partition coefficient (Wildman–Crippen LogP) is 3.67. The lowest BCUT2D eigenvalue weighted by Gasteiger charge is -2.24. The van der Waals surface area contributed by atoms with Gasteiger partial charge in [0.05, 0.1) is 6.10 Å². The molecule has 1 aliphatic rings. The van der Waals surface area contributed by atoms with Crippen LogP contribution in [0.15, 0.2) is 11.6 Å². The summed E-state index contributed by atoms with van der Waals surface area (Å²) in [5.41, 5.74) is 1.52. The molecule has 0 aromatic carbocycles. The lowest BCUT2D eigenvalue weighted by atomic mass is 9.86.